The molecule has 2 aromatic rings. The van der Waals surface area contributed by atoms with E-state index >= 15 is 0 Å². The van der Waals surface area contributed by atoms with Gasteiger partial charge in [-0.15, -0.1) is 13.2 Å². The molecule has 0 bridgehead atoms. The van der Waals surface area contributed by atoms with E-state index in [9.17, 15) is 13.2 Å². The van der Waals surface area contributed by atoms with Gasteiger partial charge in [-0.05, 0) is 68.1 Å². The van der Waals surface area contributed by atoms with Crippen LogP contribution >= 0.6 is 0 Å². The van der Waals surface area contributed by atoms with Gasteiger partial charge >= 0.3 is 6.36 Å². The molecule has 1 saturated carbocycles. The Hall–Kier alpha value is -2.25. The van der Waals surface area contributed by atoms with Crippen LogP contribution in [0.15, 0.2) is 42.5 Å². The van der Waals surface area contributed by atoms with Crippen LogP contribution in [-0.4, -0.2) is 32.6 Å². The molecule has 158 valence electrons. The lowest BCUT2D eigenvalue weighted by molar-refractivity contribution is -0.274. The van der Waals surface area contributed by atoms with E-state index in [2.05, 4.69) is 15.4 Å². The first-order chi connectivity index (χ1) is 13.9. The average Bonchev–Trinajstić information content (AvgIpc) is 2.72. The van der Waals surface area contributed by atoms with Crippen LogP contribution in [0.5, 0.6) is 11.5 Å². The number of rotatable bonds is 7. The van der Waals surface area contributed by atoms with Crippen molar-refractivity contribution in [2.45, 2.75) is 50.7 Å². The Balaban J connectivity index is 1.68. The van der Waals surface area contributed by atoms with Crippen LogP contribution in [0.2, 0.25) is 0 Å². The molecule has 1 aliphatic carbocycles. The standard InChI is InChI=1S/C22H27F3N2O2/c1-26-18-6-8-19(9-7-18)27-14-17-13-16(5-12-21(17)28-2)15-3-10-20(11-4-15)29-22(23,24)25/h3-5,10-13,18-19,26-27H,6-9,14H2,1-2H3. The van der Waals surface area contributed by atoms with Crippen LogP contribution in [-0.2, 0) is 6.54 Å². The smallest absolute Gasteiger partial charge is 0.496 e. The molecule has 1 fully saturated rings. The number of halogens is 3. The third-order valence-corrected chi connectivity index (χ3v) is 5.42. The van der Waals surface area contributed by atoms with Crippen molar-refractivity contribution in [1.29, 1.82) is 0 Å². The van der Waals surface area contributed by atoms with Crippen molar-refractivity contribution in [3.05, 3.63) is 48.0 Å². The molecule has 0 aliphatic heterocycles. The van der Waals surface area contributed by atoms with E-state index < -0.39 is 6.36 Å². The number of alkyl halides is 3. The van der Waals surface area contributed by atoms with Gasteiger partial charge in [-0.3, -0.25) is 0 Å². The van der Waals surface area contributed by atoms with Crippen molar-refractivity contribution in [3.63, 3.8) is 0 Å². The van der Waals surface area contributed by atoms with E-state index in [1.54, 1.807) is 19.2 Å². The summed E-state index contributed by atoms with van der Waals surface area (Å²) in [5, 5.41) is 6.96. The Bertz CT molecular complexity index is 786. The summed E-state index contributed by atoms with van der Waals surface area (Å²) in [5.74, 6) is 0.566. The van der Waals surface area contributed by atoms with Crippen LogP contribution < -0.4 is 20.1 Å². The Kier molecular flexibility index (Phi) is 7.03. The van der Waals surface area contributed by atoms with Gasteiger partial charge in [-0.2, -0.15) is 0 Å². The largest absolute Gasteiger partial charge is 0.573 e. The molecule has 7 heteroatoms. The SMILES string of the molecule is CNC1CCC(NCc2cc(-c3ccc(OC(F)(F)F)cc3)ccc2OC)CC1. The zero-order valence-electron chi connectivity index (χ0n) is 16.7. The van der Waals surface area contributed by atoms with E-state index in [0.717, 1.165) is 48.1 Å². The summed E-state index contributed by atoms with van der Waals surface area (Å²) in [6.07, 6.45) is -0.0927. The number of nitrogens with one attached hydrogen (secondary N) is 2. The molecule has 0 saturated heterocycles. The summed E-state index contributed by atoms with van der Waals surface area (Å²) in [4.78, 5) is 0. The molecule has 2 aromatic carbocycles. The van der Waals surface area contributed by atoms with Gasteiger partial charge in [0.05, 0.1) is 7.11 Å². The minimum absolute atomic E-state index is 0.228. The van der Waals surface area contributed by atoms with Crippen molar-refractivity contribution in [2.24, 2.45) is 0 Å². The molecule has 0 heterocycles. The van der Waals surface area contributed by atoms with Gasteiger partial charge in [0.2, 0.25) is 0 Å². The third-order valence-electron chi connectivity index (χ3n) is 5.42. The van der Waals surface area contributed by atoms with Gasteiger partial charge in [0.15, 0.2) is 0 Å². The minimum Gasteiger partial charge on any atom is -0.496 e. The number of methoxy groups -OCH3 is 1. The number of hydrogen-bond acceptors (Lipinski definition) is 4. The lowest BCUT2D eigenvalue weighted by Gasteiger charge is -2.29. The van der Waals surface area contributed by atoms with Gasteiger partial charge in [0.1, 0.15) is 11.5 Å². The molecule has 3 rings (SSSR count). The Morgan fingerprint density at radius 2 is 1.55 bits per heavy atom. The molecule has 4 nitrogen and oxygen atoms in total. The lowest BCUT2D eigenvalue weighted by atomic mass is 9.91. The van der Waals surface area contributed by atoms with E-state index in [-0.39, 0.29) is 5.75 Å². The Morgan fingerprint density at radius 1 is 0.931 bits per heavy atom. The fourth-order valence-electron chi connectivity index (χ4n) is 3.79. The molecular weight excluding hydrogens is 381 g/mol. The summed E-state index contributed by atoms with van der Waals surface area (Å²) in [6, 6.07) is 12.8. The van der Waals surface area contributed by atoms with Gasteiger partial charge in [-0.1, -0.05) is 18.2 Å². The maximum absolute atomic E-state index is 12.3. The summed E-state index contributed by atoms with van der Waals surface area (Å²) >= 11 is 0. The molecule has 0 aromatic heterocycles. The zero-order chi connectivity index (χ0) is 20.9. The molecular formula is C22H27F3N2O2. The van der Waals surface area contributed by atoms with Crippen molar-refractivity contribution < 1.29 is 22.6 Å². The summed E-state index contributed by atoms with van der Waals surface area (Å²) in [5.41, 5.74) is 2.76. The van der Waals surface area contributed by atoms with Crippen LogP contribution in [0.1, 0.15) is 31.2 Å². The second-order valence-electron chi connectivity index (χ2n) is 7.32. The summed E-state index contributed by atoms with van der Waals surface area (Å²) in [7, 11) is 3.65. The van der Waals surface area contributed by atoms with Crippen molar-refractivity contribution in [1.82, 2.24) is 10.6 Å². The molecule has 0 unspecified atom stereocenters. The minimum atomic E-state index is -4.69. The highest BCUT2D eigenvalue weighted by atomic mass is 19.4. The van der Waals surface area contributed by atoms with Crippen LogP contribution in [0, 0.1) is 0 Å². The molecule has 2 N–H and O–H groups in total. The van der Waals surface area contributed by atoms with E-state index in [0.29, 0.717) is 18.6 Å². The molecule has 0 radical (unpaired) electrons. The average molecular weight is 408 g/mol. The quantitative estimate of drug-likeness (QED) is 0.685. The first-order valence-electron chi connectivity index (χ1n) is 9.81. The van der Waals surface area contributed by atoms with E-state index in [4.69, 9.17) is 4.74 Å². The highest BCUT2D eigenvalue weighted by molar-refractivity contribution is 5.66. The number of hydrogen-bond donors (Lipinski definition) is 2. The maximum atomic E-state index is 12.3. The first-order valence-corrected chi connectivity index (χ1v) is 9.81. The van der Waals surface area contributed by atoms with Gasteiger partial charge in [0.25, 0.3) is 0 Å². The molecule has 0 amide bonds. The highest BCUT2D eigenvalue weighted by Crippen LogP contribution is 2.30. The number of ether oxygens (including phenoxy) is 2. The number of benzene rings is 2. The normalized spacial score (nSPS) is 19.8. The van der Waals surface area contributed by atoms with Crippen LogP contribution in [0.4, 0.5) is 13.2 Å². The summed E-state index contributed by atoms with van der Waals surface area (Å²) in [6.45, 7) is 0.682. The van der Waals surface area contributed by atoms with Gasteiger partial charge in [0, 0.05) is 24.2 Å². The summed E-state index contributed by atoms with van der Waals surface area (Å²) < 4.78 is 46.4. The zero-order valence-corrected chi connectivity index (χ0v) is 16.7. The highest BCUT2D eigenvalue weighted by Gasteiger charge is 2.31. The predicted octanol–water partition coefficient (Wildman–Crippen LogP) is 4.88. The first kappa shape index (κ1) is 21.5. The Morgan fingerprint density at radius 3 is 2.14 bits per heavy atom. The fraction of sp³-hybridized carbons (Fsp3) is 0.455. The molecule has 1 aliphatic rings. The second-order valence-corrected chi connectivity index (χ2v) is 7.32. The third kappa shape index (κ3) is 6.11. The van der Waals surface area contributed by atoms with Crippen LogP contribution in [0.25, 0.3) is 11.1 Å². The van der Waals surface area contributed by atoms with Crippen molar-refractivity contribution >= 4 is 0 Å². The second kappa shape index (κ2) is 9.50. The van der Waals surface area contributed by atoms with E-state index in [1.807, 2.05) is 25.2 Å². The predicted molar refractivity (Wildman–Crippen MR) is 107 cm³/mol. The fourth-order valence-corrected chi connectivity index (χ4v) is 3.79. The van der Waals surface area contributed by atoms with Gasteiger partial charge in [-0.25, -0.2) is 0 Å². The molecule has 0 spiro atoms. The molecule has 0 atom stereocenters. The van der Waals surface area contributed by atoms with Gasteiger partial charge < -0.3 is 20.1 Å². The van der Waals surface area contributed by atoms with E-state index in [1.165, 1.54) is 12.1 Å². The van der Waals surface area contributed by atoms with Crippen molar-refractivity contribution in [2.75, 3.05) is 14.2 Å². The topological polar surface area (TPSA) is 42.5 Å². The Labute approximate surface area is 169 Å². The van der Waals surface area contributed by atoms with Crippen molar-refractivity contribution in [3.8, 4) is 22.6 Å². The molecule has 29 heavy (non-hydrogen) atoms. The maximum Gasteiger partial charge on any atom is 0.573 e. The van der Waals surface area contributed by atoms with Crippen LogP contribution in [0.3, 0.4) is 0 Å². The lowest BCUT2D eigenvalue weighted by Crippen LogP contribution is -2.38. The monoisotopic (exact) mass is 408 g/mol.